The highest BCUT2D eigenvalue weighted by atomic mass is 16.7. The van der Waals surface area contributed by atoms with E-state index in [9.17, 15) is 15.0 Å². The Morgan fingerprint density at radius 2 is 1.84 bits per heavy atom. The summed E-state index contributed by atoms with van der Waals surface area (Å²) in [5.74, 6) is 3.81. The molecule has 5 nitrogen and oxygen atoms in total. The van der Waals surface area contributed by atoms with Gasteiger partial charge >= 0.3 is 0 Å². The average Bonchev–Trinajstić information content (AvgIpc) is 3.09. The maximum atomic E-state index is 12.2. The molecule has 0 radical (unpaired) electrons. The number of rotatable bonds is 5. The molecule has 4 rings (SSSR count). The zero-order chi connectivity index (χ0) is 22.6. The third kappa shape index (κ3) is 3.77. The van der Waals surface area contributed by atoms with E-state index in [2.05, 4.69) is 20.8 Å². The fraction of sp³-hybridized carbons (Fsp3) is 0.962. The monoisotopic (exact) mass is 435 g/mol. The standard InChI is InChI=1S/C26H45NO4/c1-16(6-11-24(30)27(4)31-5)20-9-10-21-19-8-7-17-14-18(28)15-23(29)26(17,3)22(19)12-13-25(20,21)2/h16-23,28-29H,6-15H2,1-5H3/t16?,17-,18+,19-,20+,21-,22-,23-,25+,26-/m0/s1. The van der Waals surface area contributed by atoms with Crippen molar-refractivity contribution in [1.82, 2.24) is 5.06 Å². The van der Waals surface area contributed by atoms with E-state index in [0.717, 1.165) is 25.2 Å². The normalized spacial score (nSPS) is 47.8. The molecule has 0 aromatic rings. The highest BCUT2D eigenvalue weighted by molar-refractivity contribution is 5.74. The first-order valence-electron chi connectivity index (χ1n) is 12.8. The van der Waals surface area contributed by atoms with E-state index in [-0.39, 0.29) is 23.5 Å². The number of fused-ring (bicyclic) bond motifs is 5. The number of nitrogens with zero attached hydrogens (tertiary/aromatic N) is 1. The van der Waals surface area contributed by atoms with Gasteiger partial charge in [-0.05, 0) is 104 Å². The Morgan fingerprint density at radius 3 is 2.55 bits per heavy atom. The Hall–Kier alpha value is -0.650. The summed E-state index contributed by atoms with van der Waals surface area (Å²) in [6.45, 7) is 7.25. The molecule has 0 aromatic heterocycles. The second kappa shape index (κ2) is 8.61. The van der Waals surface area contributed by atoms with Crippen LogP contribution in [0.25, 0.3) is 0 Å². The van der Waals surface area contributed by atoms with Crippen LogP contribution in [0.5, 0.6) is 0 Å². The molecule has 2 N–H and O–H groups in total. The van der Waals surface area contributed by atoms with E-state index in [1.807, 2.05) is 0 Å². The fourth-order valence-corrected chi connectivity index (χ4v) is 9.08. The minimum absolute atomic E-state index is 0.0235. The van der Waals surface area contributed by atoms with Gasteiger partial charge in [-0.2, -0.15) is 0 Å². The number of hydrogen-bond acceptors (Lipinski definition) is 4. The lowest BCUT2D eigenvalue weighted by atomic mass is 9.43. The highest BCUT2D eigenvalue weighted by Gasteiger charge is 2.62. The second-order valence-electron chi connectivity index (χ2n) is 12.0. The maximum Gasteiger partial charge on any atom is 0.245 e. The number of carbonyl (C=O) groups excluding carboxylic acids is 1. The quantitative estimate of drug-likeness (QED) is 0.628. The van der Waals surface area contributed by atoms with Gasteiger partial charge in [0.1, 0.15) is 0 Å². The van der Waals surface area contributed by atoms with Gasteiger partial charge in [0.05, 0.1) is 19.3 Å². The third-order valence-electron chi connectivity index (χ3n) is 10.9. The van der Waals surface area contributed by atoms with Gasteiger partial charge < -0.3 is 10.2 Å². The van der Waals surface area contributed by atoms with Crippen molar-refractivity contribution in [2.24, 2.45) is 46.3 Å². The summed E-state index contributed by atoms with van der Waals surface area (Å²) >= 11 is 0. The second-order valence-corrected chi connectivity index (χ2v) is 12.0. The largest absolute Gasteiger partial charge is 0.393 e. The molecule has 0 saturated heterocycles. The summed E-state index contributed by atoms with van der Waals surface area (Å²) in [5, 5.41) is 22.7. The zero-order valence-electron chi connectivity index (χ0n) is 20.3. The summed E-state index contributed by atoms with van der Waals surface area (Å²) in [6, 6.07) is 0. The van der Waals surface area contributed by atoms with Crippen LogP contribution in [0, 0.1) is 46.3 Å². The average molecular weight is 436 g/mol. The Kier molecular flexibility index (Phi) is 6.53. The van der Waals surface area contributed by atoms with Crippen molar-refractivity contribution < 1.29 is 19.8 Å². The van der Waals surface area contributed by atoms with Crippen LogP contribution in [0.2, 0.25) is 0 Å². The molecule has 1 amide bonds. The third-order valence-corrected chi connectivity index (χ3v) is 10.9. The van der Waals surface area contributed by atoms with Crippen LogP contribution in [0.3, 0.4) is 0 Å². The van der Waals surface area contributed by atoms with Gasteiger partial charge in [0, 0.05) is 13.5 Å². The lowest BCUT2D eigenvalue weighted by Gasteiger charge is -2.62. The minimum Gasteiger partial charge on any atom is -0.393 e. The van der Waals surface area contributed by atoms with Gasteiger partial charge in [-0.15, -0.1) is 0 Å². The molecular weight excluding hydrogens is 390 g/mol. The van der Waals surface area contributed by atoms with Gasteiger partial charge in [-0.3, -0.25) is 9.63 Å². The molecule has 4 saturated carbocycles. The molecule has 31 heavy (non-hydrogen) atoms. The molecule has 0 aliphatic heterocycles. The number of carbonyl (C=O) groups is 1. The Morgan fingerprint density at radius 1 is 1.10 bits per heavy atom. The van der Waals surface area contributed by atoms with Crippen molar-refractivity contribution >= 4 is 5.91 Å². The Labute approximate surface area is 188 Å². The smallest absolute Gasteiger partial charge is 0.245 e. The van der Waals surface area contributed by atoms with Crippen molar-refractivity contribution in [2.75, 3.05) is 14.2 Å². The van der Waals surface area contributed by atoms with Crippen LogP contribution in [0.4, 0.5) is 0 Å². The van der Waals surface area contributed by atoms with Gasteiger partial charge in [-0.1, -0.05) is 20.8 Å². The zero-order valence-corrected chi connectivity index (χ0v) is 20.3. The van der Waals surface area contributed by atoms with Crippen molar-refractivity contribution in [3.63, 3.8) is 0 Å². The van der Waals surface area contributed by atoms with Crippen LogP contribution in [0.15, 0.2) is 0 Å². The first kappa shape index (κ1) is 23.5. The molecule has 0 heterocycles. The van der Waals surface area contributed by atoms with E-state index < -0.39 is 0 Å². The molecule has 0 bridgehead atoms. The molecular formula is C26H45NO4. The van der Waals surface area contributed by atoms with Crippen LogP contribution in [-0.2, 0) is 9.63 Å². The Bertz CT molecular complexity index is 670. The Balaban J connectivity index is 1.47. The molecule has 10 atom stereocenters. The first-order valence-corrected chi connectivity index (χ1v) is 12.8. The number of hydrogen-bond donors (Lipinski definition) is 2. The van der Waals surface area contributed by atoms with Crippen LogP contribution >= 0.6 is 0 Å². The number of hydroxylamine groups is 2. The van der Waals surface area contributed by atoms with E-state index >= 15 is 0 Å². The number of aliphatic hydroxyl groups is 2. The molecule has 4 fully saturated rings. The number of aliphatic hydroxyl groups excluding tert-OH is 2. The van der Waals surface area contributed by atoms with Crippen LogP contribution in [0.1, 0.15) is 85.0 Å². The van der Waals surface area contributed by atoms with E-state index in [1.54, 1.807) is 14.2 Å². The summed E-state index contributed by atoms with van der Waals surface area (Å²) < 4.78 is 0. The first-order chi connectivity index (χ1) is 14.6. The van der Waals surface area contributed by atoms with Gasteiger partial charge in [0.15, 0.2) is 0 Å². The van der Waals surface area contributed by atoms with E-state index in [0.29, 0.717) is 47.8 Å². The van der Waals surface area contributed by atoms with E-state index in [1.165, 1.54) is 37.2 Å². The van der Waals surface area contributed by atoms with Crippen molar-refractivity contribution in [1.29, 1.82) is 0 Å². The molecule has 4 aliphatic carbocycles. The van der Waals surface area contributed by atoms with Gasteiger partial charge in [0.25, 0.3) is 0 Å². The van der Waals surface area contributed by atoms with Crippen LogP contribution in [-0.4, -0.2) is 47.5 Å². The topological polar surface area (TPSA) is 70.0 Å². The predicted octanol–water partition coefficient (Wildman–Crippen LogP) is 4.41. The molecule has 0 spiro atoms. The predicted molar refractivity (Wildman–Crippen MR) is 121 cm³/mol. The van der Waals surface area contributed by atoms with Crippen molar-refractivity contribution in [3.8, 4) is 0 Å². The maximum absolute atomic E-state index is 12.2. The van der Waals surface area contributed by atoms with Gasteiger partial charge in [-0.25, -0.2) is 5.06 Å². The minimum atomic E-state index is -0.363. The molecule has 0 aromatic carbocycles. The van der Waals surface area contributed by atoms with Crippen LogP contribution < -0.4 is 0 Å². The van der Waals surface area contributed by atoms with Crippen molar-refractivity contribution in [3.05, 3.63) is 0 Å². The molecule has 4 aliphatic rings. The summed E-state index contributed by atoms with van der Waals surface area (Å²) in [6.07, 6.45) is 9.72. The fourth-order valence-electron chi connectivity index (χ4n) is 9.08. The summed E-state index contributed by atoms with van der Waals surface area (Å²) in [5.41, 5.74) is 0.337. The van der Waals surface area contributed by atoms with E-state index in [4.69, 9.17) is 4.84 Å². The lowest BCUT2D eigenvalue weighted by molar-refractivity contribution is -0.182. The molecule has 5 heteroatoms. The summed E-state index contributed by atoms with van der Waals surface area (Å²) in [4.78, 5) is 17.3. The molecule has 178 valence electrons. The number of amides is 1. The van der Waals surface area contributed by atoms with Gasteiger partial charge in [0.2, 0.25) is 5.91 Å². The highest BCUT2D eigenvalue weighted by Crippen LogP contribution is 2.68. The molecule has 1 unspecified atom stereocenters. The summed E-state index contributed by atoms with van der Waals surface area (Å²) in [7, 11) is 3.23. The van der Waals surface area contributed by atoms with Crippen molar-refractivity contribution in [2.45, 2.75) is 97.2 Å². The SMILES string of the molecule is CON(C)C(=O)CCC(C)[C@H]1CC[C@H]2[C@@H]3CC[C@H]4C[C@@H](O)C[C@H](O)[C@]4(C)[C@H]3CC[C@]12C. The lowest BCUT2D eigenvalue weighted by Crippen LogP contribution is -2.59.